The first-order valence-electron chi connectivity index (χ1n) is 5.66. The van der Waals surface area contributed by atoms with Crippen LogP contribution in [0.2, 0.25) is 5.02 Å². The van der Waals surface area contributed by atoms with Crippen LogP contribution in [0.4, 0.5) is 5.69 Å². The molecule has 0 aliphatic rings. The zero-order valence-corrected chi connectivity index (χ0v) is 12.2. The molecule has 0 fully saturated rings. The van der Waals surface area contributed by atoms with Crippen molar-refractivity contribution in [2.24, 2.45) is 5.73 Å². The fourth-order valence-electron chi connectivity index (χ4n) is 1.38. The number of carbonyl (C=O) groups is 2. The van der Waals surface area contributed by atoms with E-state index < -0.39 is 32.9 Å². The van der Waals surface area contributed by atoms with Crippen molar-refractivity contribution >= 4 is 39.3 Å². The van der Waals surface area contributed by atoms with Gasteiger partial charge in [-0.2, -0.15) is 8.42 Å². The summed E-state index contributed by atoms with van der Waals surface area (Å²) in [4.78, 5) is 21.7. The predicted octanol–water partition coefficient (Wildman–Crippen LogP) is 0.717. The third-order valence-electron chi connectivity index (χ3n) is 2.51. The molecular formula is C11H13ClN2O6S. The van der Waals surface area contributed by atoms with Gasteiger partial charge in [0, 0.05) is 6.42 Å². The van der Waals surface area contributed by atoms with Gasteiger partial charge in [-0.1, -0.05) is 11.6 Å². The molecule has 1 rings (SSSR count). The van der Waals surface area contributed by atoms with Crippen LogP contribution in [-0.4, -0.2) is 36.0 Å². The molecule has 116 valence electrons. The van der Waals surface area contributed by atoms with Gasteiger partial charge in [-0.25, -0.2) is 0 Å². The fraction of sp³-hybridized carbons (Fsp3) is 0.273. The molecule has 0 aliphatic heterocycles. The van der Waals surface area contributed by atoms with Gasteiger partial charge in [0.2, 0.25) is 5.91 Å². The number of nitrogens with one attached hydrogen (secondary N) is 1. The number of hydrogen-bond acceptors (Lipinski definition) is 5. The summed E-state index contributed by atoms with van der Waals surface area (Å²) in [5.74, 6) is -1.81. The first-order chi connectivity index (χ1) is 9.61. The van der Waals surface area contributed by atoms with E-state index in [-0.39, 0.29) is 23.6 Å². The Morgan fingerprint density at radius 3 is 2.52 bits per heavy atom. The molecule has 1 unspecified atom stereocenters. The lowest BCUT2D eigenvalue weighted by molar-refractivity contribution is -0.138. The Labute approximate surface area is 125 Å². The fourth-order valence-corrected chi connectivity index (χ4v) is 2.05. The largest absolute Gasteiger partial charge is 0.480 e. The van der Waals surface area contributed by atoms with Crippen LogP contribution >= 0.6 is 11.6 Å². The summed E-state index contributed by atoms with van der Waals surface area (Å²) >= 11 is 5.79. The number of carbonyl (C=O) groups excluding carboxylic acids is 1. The standard InChI is InChI=1S/C11H13ClN2O6S/c12-7-2-1-6(21(18,19)20)5-9(7)14-10(15)4-3-8(13)11(16)17/h1-2,5,8H,3-4,13H2,(H,14,15)(H,16,17)(H,18,19,20). The van der Waals surface area contributed by atoms with E-state index in [4.69, 9.17) is 27.0 Å². The quantitative estimate of drug-likeness (QED) is 0.559. The average molecular weight is 337 g/mol. The van der Waals surface area contributed by atoms with E-state index >= 15 is 0 Å². The van der Waals surface area contributed by atoms with Gasteiger partial charge < -0.3 is 16.2 Å². The third kappa shape index (κ3) is 5.31. The van der Waals surface area contributed by atoms with Crippen LogP contribution < -0.4 is 11.1 Å². The summed E-state index contributed by atoms with van der Waals surface area (Å²) in [5.41, 5.74) is 5.24. The Morgan fingerprint density at radius 2 is 2.00 bits per heavy atom. The number of anilines is 1. The van der Waals surface area contributed by atoms with E-state index in [2.05, 4.69) is 5.32 Å². The number of carboxylic acids is 1. The predicted molar refractivity (Wildman–Crippen MR) is 74.7 cm³/mol. The number of amides is 1. The van der Waals surface area contributed by atoms with Crippen LogP contribution in [0.15, 0.2) is 23.1 Å². The van der Waals surface area contributed by atoms with Gasteiger partial charge >= 0.3 is 5.97 Å². The van der Waals surface area contributed by atoms with Crippen molar-refractivity contribution in [3.05, 3.63) is 23.2 Å². The molecule has 0 spiro atoms. The molecule has 0 bridgehead atoms. The van der Waals surface area contributed by atoms with Gasteiger partial charge in [-0.05, 0) is 24.6 Å². The molecular weight excluding hydrogens is 324 g/mol. The second-order valence-corrected chi connectivity index (χ2v) is 5.98. The number of benzene rings is 1. The lowest BCUT2D eigenvalue weighted by Crippen LogP contribution is -2.31. The van der Waals surface area contributed by atoms with E-state index in [1.807, 2.05) is 0 Å². The maximum atomic E-state index is 11.6. The Balaban J connectivity index is 2.79. The summed E-state index contributed by atoms with van der Waals surface area (Å²) in [6.45, 7) is 0. The van der Waals surface area contributed by atoms with E-state index in [0.29, 0.717) is 0 Å². The second-order valence-electron chi connectivity index (χ2n) is 4.15. The monoisotopic (exact) mass is 336 g/mol. The van der Waals surface area contributed by atoms with Gasteiger partial charge in [0.05, 0.1) is 15.6 Å². The average Bonchev–Trinajstić information content (AvgIpc) is 2.37. The Morgan fingerprint density at radius 1 is 1.38 bits per heavy atom. The summed E-state index contributed by atoms with van der Waals surface area (Å²) in [7, 11) is -4.42. The Kier molecular flexibility index (Phi) is 5.67. The molecule has 8 nitrogen and oxygen atoms in total. The number of aliphatic carboxylic acids is 1. The van der Waals surface area contributed by atoms with Gasteiger partial charge in [0.1, 0.15) is 6.04 Å². The molecule has 1 amide bonds. The van der Waals surface area contributed by atoms with Crippen molar-refractivity contribution in [2.45, 2.75) is 23.8 Å². The van der Waals surface area contributed by atoms with Crippen LogP contribution in [0.1, 0.15) is 12.8 Å². The second kappa shape index (κ2) is 6.85. The highest BCUT2D eigenvalue weighted by Gasteiger charge is 2.16. The highest BCUT2D eigenvalue weighted by atomic mass is 35.5. The molecule has 0 heterocycles. The first-order valence-corrected chi connectivity index (χ1v) is 7.48. The van der Waals surface area contributed by atoms with Gasteiger partial charge in [0.25, 0.3) is 10.1 Å². The number of rotatable bonds is 6. The normalized spacial score (nSPS) is 12.7. The minimum atomic E-state index is -4.42. The SMILES string of the molecule is NC(CCC(=O)Nc1cc(S(=O)(=O)O)ccc1Cl)C(=O)O. The smallest absolute Gasteiger partial charge is 0.320 e. The van der Waals surface area contributed by atoms with E-state index in [9.17, 15) is 18.0 Å². The van der Waals surface area contributed by atoms with Crippen molar-refractivity contribution < 1.29 is 27.7 Å². The minimum Gasteiger partial charge on any atom is -0.480 e. The molecule has 0 aromatic heterocycles. The van der Waals surface area contributed by atoms with Crippen molar-refractivity contribution in [3.8, 4) is 0 Å². The number of hydrogen-bond donors (Lipinski definition) is 4. The summed E-state index contributed by atoms with van der Waals surface area (Å²) in [6, 6.07) is 2.10. The topological polar surface area (TPSA) is 147 Å². The molecule has 0 saturated heterocycles. The Hall–Kier alpha value is -1.68. The molecule has 1 atom stereocenters. The van der Waals surface area contributed by atoms with Gasteiger partial charge in [-0.3, -0.25) is 14.1 Å². The Bertz CT molecular complexity index is 661. The molecule has 1 aromatic carbocycles. The summed E-state index contributed by atoms with van der Waals surface area (Å²) < 4.78 is 30.9. The van der Waals surface area contributed by atoms with Crippen LogP contribution in [0.25, 0.3) is 0 Å². The number of nitrogens with two attached hydrogens (primary N) is 1. The van der Waals surface area contributed by atoms with Crippen LogP contribution in [0.3, 0.4) is 0 Å². The van der Waals surface area contributed by atoms with Crippen molar-refractivity contribution in [1.29, 1.82) is 0 Å². The van der Waals surface area contributed by atoms with Crippen LogP contribution in [-0.2, 0) is 19.7 Å². The first kappa shape index (κ1) is 17.4. The third-order valence-corrected chi connectivity index (χ3v) is 3.69. The molecule has 0 radical (unpaired) electrons. The van der Waals surface area contributed by atoms with Crippen molar-refractivity contribution in [3.63, 3.8) is 0 Å². The molecule has 5 N–H and O–H groups in total. The zero-order chi connectivity index (χ0) is 16.2. The van der Waals surface area contributed by atoms with Crippen molar-refractivity contribution in [2.75, 3.05) is 5.32 Å². The molecule has 10 heteroatoms. The minimum absolute atomic E-state index is 0.0133. The number of carboxylic acid groups (broad SMARTS) is 1. The van der Waals surface area contributed by atoms with E-state index in [1.54, 1.807) is 0 Å². The summed E-state index contributed by atoms with van der Waals surface area (Å²) in [5, 5.41) is 11.0. The van der Waals surface area contributed by atoms with Crippen molar-refractivity contribution in [1.82, 2.24) is 0 Å². The maximum Gasteiger partial charge on any atom is 0.320 e. The maximum absolute atomic E-state index is 11.6. The van der Waals surface area contributed by atoms with Crippen LogP contribution in [0, 0.1) is 0 Å². The zero-order valence-electron chi connectivity index (χ0n) is 10.6. The summed E-state index contributed by atoms with van der Waals surface area (Å²) in [6.07, 6.45) is -0.267. The van der Waals surface area contributed by atoms with E-state index in [1.165, 1.54) is 6.07 Å². The van der Waals surface area contributed by atoms with Gasteiger partial charge in [0.15, 0.2) is 0 Å². The highest BCUT2D eigenvalue weighted by molar-refractivity contribution is 7.85. The lowest BCUT2D eigenvalue weighted by Gasteiger charge is -2.09. The molecule has 1 aromatic rings. The number of halogens is 1. The highest BCUT2D eigenvalue weighted by Crippen LogP contribution is 2.25. The molecule has 0 saturated carbocycles. The molecule has 0 aliphatic carbocycles. The molecule has 21 heavy (non-hydrogen) atoms. The lowest BCUT2D eigenvalue weighted by atomic mass is 10.1. The van der Waals surface area contributed by atoms with Gasteiger partial charge in [-0.15, -0.1) is 0 Å². The van der Waals surface area contributed by atoms with Crippen LogP contribution in [0.5, 0.6) is 0 Å². The van der Waals surface area contributed by atoms with E-state index in [0.717, 1.165) is 12.1 Å².